The molecule has 0 bridgehead atoms. The average Bonchev–Trinajstić information content (AvgIpc) is 2.79. The van der Waals surface area contributed by atoms with Crippen LogP contribution in [-0.4, -0.2) is 24.5 Å². The maximum absolute atomic E-state index is 5.25. The molecule has 0 spiro atoms. The van der Waals surface area contributed by atoms with Crippen molar-refractivity contribution in [2.24, 2.45) is 7.05 Å². The van der Waals surface area contributed by atoms with Crippen LogP contribution in [0.5, 0.6) is 0 Å². The number of hydrogen-bond acceptors (Lipinski definition) is 3. The first-order valence-corrected chi connectivity index (χ1v) is 6.20. The zero-order chi connectivity index (χ0) is 12.4. The van der Waals surface area contributed by atoms with Crippen LogP contribution in [0.1, 0.15) is 25.5 Å². The molecule has 2 heterocycles. The fourth-order valence-electron chi connectivity index (χ4n) is 1.86. The number of rotatable bonds is 4. The van der Waals surface area contributed by atoms with E-state index < -0.39 is 0 Å². The Morgan fingerprint density at radius 1 is 1.47 bits per heavy atom. The molecule has 92 valence electrons. The van der Waals surface area contributed by atoms with Gasteiger partial charge in [-0.2, -0.15) is 10.2 Å². The molecule has 0 amide bonds. The van der Waals surface area contributed by atoms with Crippen LogP contribution in [-0.2, 0) is 13.6 Å². The van der Waals surface area contributed by atoms with E-state index >= 15 is 0 Å². The topological polar surface area (TPSA) is 51.4 Å². The third kappa shape index (κ3) is 2.31. The Hall–Kier alpha value is -1.43. The zero-order valence-electron chi connectivity index (χ0n) is 10.4. The minimum atomic E-state index is 0.673. The summed E-state index contributed by atoms with van der Waals surface area (Å²) in [6.45, 7) is 5.03. The van der Waals surface area contributed by atoms with Crippen molar-refractivity contribution in [2.75, 3.05) is 0 Å². The van der Waals surface area contributed by atoms with E-state index in [0.29, 0.717) is 4.77 Å². The zero-order valence-corrected chi connectivity index (χ0v) is 11.2. The van der Waals surface area contributed by atoms with Crippen molar-refractivity contribution in [1.82, 2.24) is 24.5 Å². The highest BCUT2D eigenvalue weighted by molar-refractivity contribution is 7.71. The fourth-order valence-corrected chi connectivity index (χ4v) is 2.08. The smallest absolute Gasteiger partial charge is 0.195 e. The molecule has 0 fully saturated rings. The third-order valence-electron chi connectivity index (χ3n) is 2.72. The molecule has 2 rings (SSSR count). The van der Waals surface area contributed by atoms with Crippen LogP contribution in [0, 0.1) is 11.7 Å². The lowest BCUT2D eigenvalue weighted by molar-refractivity contribution is 0.624. The van der Waals surface area contributed by atoms with Crippen LogP contribution in [0.25, 0.3) is 11.5 Å². The molecule has 0 unspecified atom stereocenters. The molecule has 0 aromatic carbocycles. The van der Waals surface area contributed by atoms with E-state index in [1.165, 1.54) is 0 Å². The number of aromatic nitrogens is 5. The van der Waals surface area contributed by atoms with Crippen LogP contribution < -0.4 is 0 Å². The lowest BCUT2D eigenvalue weighted by Gasteiger charge is -2.05. The van der Waals surface area contributed by atoms with Gasteiger partial charge in [-0.1, -0.05) is 13.3 Å². The van der Waals surface area contributed by atoms with E-state index in [2.05, 4.69) is 22.2 Å². The summed E-state index contributed by atoms with van der Waals surface area (Å²) in [6.07, 6.45) is 2.23. The summed E-state index contributed by atoms with van der Waals surface area (Å²) >= 11 is 5.25. The van der Waals surface area contributed by atoms with Gasteiger partial charge >= 0.3 is 0 Å². The summed E-state index contributed by atoms with van der Waals surface area (Å²) in [6, 6.07) is 2.02. The number of hydrogen-bond donors (Lipinski definition) is 1. The van der Waals surface area contributed by atoms with Crippen molar-refractivity contribution in [3.63, 3.8) is 0 Å². The van der Waals surface area contributed by atoms with Crippen molar-refractivity contribution in [3.8, 4) is 11.5 Å². The second-order valence-corrected chi connectivity index (χ2v) is 4.54. The summed E-state index contributed by atoms with van der Waals surface area (Å²) in [5.74, 6) is 0.867. The maximum atomic E-state index is 5.25. The molecule has 5 nitrogen and oxygen atoms in total. The van der Waals surface area contributed by atoms with Crippen LogP contribution in [0.4, 0.5) is 0 Å². The van der Waals surface area contributed by atoms with Crippen LogP contribution >= 0.6 is 12.2 Å². The predicted molar refractivity (Wildman–Crippen MR) is 69.3 cm³/mol. The van der Waals surface area contributed by atoms with Crippen molar-refractivity contribution in [2.45, 2.75) is 33.2 Å². The number of H-pyrrole nitrogens is 1. The highest BCUT2D eigenvalue weighted by Crippen LogP contribution is 2.18. The largest absolute Gasteiger partial charge is 0.299 e. The van der Waals surface area contributed by atoms with Gasteiger partial charge in [-0.3, -0.25) is 14.3 Å². The van der Waals surface area contributed by atoms with Gasteiger partial charge in [0, 0.05) is 13.6 Å². The summed E-state index contributed by atoms with van der Waals surface area (Å²) < 4.78 is 4.55. The van der Waals surface area contributed by atoms with Crippen LogP contribution in [0.2, 0.25) is 0 Å². The number of aromatic amines is 1. The Balaban J connectivity index is 2.45. The van der Waals surface area contributed by atoms with Crippen molar-refractivity contribution in [1.29, 1.82) is 0 Å². The lowest BCUT2D eigenvalue weighted by atomic mass is 10.3. The average molecular weight is 251 g/mol. The number of aryl methyl sites for hydroxylation is 2. The Bertz CT molecular complexity index is 563. The van der Waals surface area contributed by atoms with E-state index in [4.69, 9.17) is 12.2 Å². The third-order valence-corrected chi connectivity index (χ3v) is 3.04. The highest BCUT2D eigenvalue weighted by atomic mass is 32.1. The van der Waals surface area contributed by atoms with Crippen molar-refractivity contribution >= 4 is 12.2 Å². The molecular weight excluding hydrogens is 234 g/mol. The second kappa shape index (κ2) is 4.83. The van der Waals surface area contributed by atoms with E-state index in [1.54, 1.807) is 0 Å². The summed E-state index contributed by atoms with van der Waals surface area (Å²) in [4.78, 5) is 0. The second-order valence-electron chi connectivity index (χ2n) is 4.15. The Morgan fingerprint density at radius 2 is 2.24 bits per heavy atom. The molecule has 2 aromatic heterocycles. The van der Waals surface area contributed by atoms with Gasteiger partial charge in [-0.15, -0.1) is 0 Å². The molecule has 17 heavy (non-hydrogen) atoms. The van der Waals surface area contributed by atoms with Gasteiger partial charge in [-0.05, 0) is 31.6 Å². The van der Waals surface area contributed by atoms with Crippen molar-refractivity contribution < 1.29 is 0 Å². The molecular formula is C11H17N5S. The van der Waals surface area contributed by atoms with Gasteiger partial charge in [0.15, 0.2) is 10.6 Å². The minimum Gasteiger partial charge on any atom is -0.299 e. The molecule has 0 aliphatic carbocycles. The first-order chi connectivity index (χ1) is 8.13. The van der Waals surface area contributed by atoms with Gasteiger partial charge in [0.25, 0.3) is 0 Å². The maximum Gasteiger partial charge on any atom is 0.195 e. The Kier molecular flexibility index (Phi) is 3.42. The van der Waals surface area contributed by atoms with E-state index in [-0.39, 0.29) is 0 Å². The van der Waals surface area contributed by atoms with E-state index in [1.807, 2.05) is 29.3 Å². The summed E-state index contributed by atoms with van der Waals surface area (Å²) in [7, 11) is 1.92. The molecule has 0 aliphatic heterocycles. The minimum absolute atomic E-state index is 0.673. The van der Waals surface area contributed by atoms with Crippen LogP contribution in [0.15, 0.2) is 6.07 Å². The first-order valence-electron chi connectivity index (χ1n) is 5.79. The number of nitrogens with zero attached hydrogens (tertiary/aromatic N) is 4. The molecule has 2 aromatic rings. The van der Waals surface area contributed by atoms with Gasteiger partial charge in [-0.25, -0.2) is 0 Å². The lowest BCUT2D eigenvalue weighted by Crippen LogP contribution is -2.04. The fraction of sp³-hybridized carbons (Fsp3) is 0.545. The van der Waals surface area contributed by atoms with Crippen LogP contribution in [0.3, 0.4) is 0 Å². The molecule has 0 saturated heterocycles. The van der Waals surface area contributed by atoms with Gasteiger partial charge in [0.05, 0.1) is 5.69 Å². The van der Waals surface area contributed by atoms with Gasteiger partial charge < -0.3 is 0 Å². The highest BCUT2D eigenvalue weighted by Gasteiger charge is 2.12. The SMILES string of the molecule is CCCCn1c(-c2cc(C)nn2C)n[nH]c1=S. The standard InChI is InChI=1S/C11H17N5S/c1-4-5-6-16-10(12-13-11(16)17)9-7-8(2)14-15(9)3/h7H,4-6H2,1-3H3,(H,13,17). The molecule has 0 aliphatic rings. The monoisotopic (exact) mass is 251 g/mol. The van der Waals surface area contributed by atoms with Gasteiger partial charge in [0.1, 0.15) is 5.69 Å². The normalized spacial score (nSPS) is 11.0. The van der Waals surface area contributed by atoms with E-state index in [0.717, 1.165) is 36.6 Å². The molecule has 0 radical (unpaired) electrons. The quantitative estimate of drug-likeness (QED) is 0.849. The van der Waals surface area contributed by atoms with E-state index in [9.17, 15) is 0 Å². The predicted octanol–water partition coefficient (Wildman–Crippen LogP) is 2.45. The summed E-state index contributed by atoms with van der Waals surface area (Å²) in [5.41, 5.74) is 1.98. The Morgan fingerprint density at radius 3 is 2.82 bits per heavy atom. The number of nitrogens with one attached hydrogen (secondary N) is 1. The first kappa shape index (κ1) is 12.0. The van der Waals surface area contributed by atoms with Crippen molar-refractivity contribution in [3.05, 3.63) is 16.5 Å². The molecule has 0 atom stereocenters. The Labute approximate surface area is 105 Å². The number of unbranched alkanes of at least 4 members (excludes halogenated alkanes) is 1. The van der Waals surface area contributed by atoms with Gasteiger partial charge in [0.2, 0.25) is 0 Å². The molecule has 1 N–H and O–H groups in total. The molecule has 6 heteroatoms. The summed E-state index contributed by atoms with van der Waals surface area (Å²) in [5, 5.41) is 11.5. The molecule has 0 saturated carbocycles.